The zero-order chi connectivity index (χ0) is 12.7. The number of ether oxygens (including phenoxy) is 1. The summed E-state index contributed by atoms with van der Waals surface area (Å²) in [5, 5.41) is 3.40. The molecular formula is C13H15FN2O2. The van der Waals surface area contributed by atoms with Gasteiger partial charge in [0.25, 0.3) is 0 Å². The molecule has 0 saturated carbocycles. The first-order valence-electron chi connectivity index (χ1n) is 6.08. The van der Waals surface area contributed by atoms with Crippen LogP contribution in [0.4, 0.5) is 14.9 Å². The van der Waals surface area contributed by atoms with Gasteiger partial charge in [-0.1, -0.05) is 0 Å². The molecule has 1 amide bonds. The predicted molar refractivity (Wildman–Crippen MR) is 65.1 cm³/mol. The lowest BCUT2D eigenvalue weighted by molar-refractivity contribution is 0.110. The molecule has 1 fully saturated rings. The van der Waals surface area contributed by atoms with Gasteiger partial charge >= 0.3 is 6.09 Å². The summed E-state index contributed by atoms with van der Waals surface area (Å²) in [7, 11) is 1.38. The third-order valence-electron chi connectivity index (χ3n) is 3.80. The SMILES string of the molecule is COC(=O)N1CCC2Nc3ccc(F)cc3C2C1. The number of carbonyl (C=O) groups excluding carboxylic acids is 1. The molecule has 0 aromatic heterocycles. The monoisotopic (exact) mass is 250 g/mol. The van der Waals surface area contributed by atoms with E-state index >= 15 is 0 Å². The highest BCUT2D eigenvalue weighted by atomic mass is 19.1. The highest BCUT2D eigenvalue weighted by molar-refractivity contribution is 5.69. The van der Waals surface area contributed by atoms with Crippen LogP contribution >= 0.6 is 0 Å². The molecule has 0 aliphatic carbocycles. The zero-order valence-corrected chi connectivity index (χ0v) is 10.1. The summed E-state index contributed by atoms with van der Waals surface area (Å²) in [5.41, 5.74) is 1.95. The number of methoxy groups -OCH3 is 1. The fourth-order valence-electron chi connectivity index (χ4n) is 2.91. The lowest BCUT2D eigenvalue weighted by atomic mass is 9.89. The maximum Gasteiger partial charge on any atom is 0.409 e. The van der Waals surface area contributed by atoms with Crippen molar-refractivity contribution in [2.75, 3.05) is 25.5 Å². The lowest BCUT2D eigenvalue weighted by Crippen LogP contribution is -2.44. The molecule has 4 nitrogen and oxygen atoms in total. The van der Waals surface area contributed by atoms with Crippen molar-refractivity contribution < 1.29 is 13.9 Å². The third-order valence-corrected chi connectivity index (χ3v) is 3.80. The van der Waals surface area contributed by atoms with Crippen molar-refractivity contribution in [3.8, 4) is 0 Å². The number of halogens is 1. The number of hydrogen-bond donors (Lipinski definition) is 1. The minimum absolute atomic E-state index is 0.156. The molecule has 1 N–H and O–H groups in total. The van der Waals surface area contributed by atoms with E-state index in [1.807, 2.05) is 0 Å². The van der Waals surface area contributed by atoms with Crippen LogP contribution in [0.2, 0.25) is 0 Å². The molecule has 1 aromatic carbocycles. The van der Waals surface area contributed by atoms with E-state index < -0.39 is 0 Å². The maximum atomic E-state index is 13.3. The fourth-order valence-corrected chi connectivity index (χ4v) is 2.91. The van der Waals surface area contributed by atoms with Crippen molar-refractivity contribution in [1.29, 1.82) is 0 Å². The van der Waals surface area contributed by atoms with Crippen molar-refractivity contribution in [3.05, 3.63) is 29.6 Å². The summed E-state index contributed by atoms with van der Waals surface area (Å²) >= 11 is 0. The summed E-state index contributed by atoms with van der Waals surface area (Å²) in [6, 6.07) is 5.09. The molecule has 0 bridgehead atoms. The van der Waals surface area contributed by atoms with Gasteiger partial charge in [-0.15, -0.1) is 0 Å². The number of rotatable bonds is 0. The number of anilines is 1. The fraction of sp³-hybridized carbons (Fsp3) is 0.462. The Balaban J connectivity index is 1.87. The van der Waals surface area contributed by atoms with Gasteiger partial charge in [-0.25, -0.2) is 9.18 Å². The van der Waals surface area contributed by atoms with Crippen molar-refractivity contribution in [3.63, 3.8) is 0 Å². The predicted octanol–water partition coefficient (Wildman–Crippen LogP) is 2.18. The van der Waals surface area contributed by atoms with E-state index in [1.165, 1.54) is 13.2 Å². The molecule has 1 saturated heterocycles. The Morgan fingerprint density at radius 2 is 2.39 bits per heavy atom. The van der Waals surface area contributed by atoms with Gasteiger partial charge in [0.15, 0.2) is 0 Å². The number of fused-ring (bicyclic) bond motifs is 3. The molecule has 0 spiro atoms. The van der Waals surface area contributed by atoms with Crippen LogP contribution in [0, 0.1) is 5.82 Å². The van der Waals surface area contributed by atoms with Crippen LogP contribution in [-0.2, 0) is 4.74 Å². The molecular weight excluding hydrogens is 235 g/mol. The number of carbonyl (C=O) groups is 1. The second kappa shape index (κ2) is 4.15. The average molecular weight is 250 g/mol. The number of likely N-dealkylation sites (tertiary alicyclic amines) is 1. The highest BCUT2D eigenvalue weighted by Crippen LogP contribution is 2.40. The Hall–Kier alpha value is -1.78. The molecule has 1 aromatic rings. The largest absolute Gasteiger partial charge is 0.453 e. The topological polar surface area (TPSA) is 41.6 Å². The van der Waals surface area contributed by atoms with Crippen molar-refractivity contribution in [1.82, 2.24) is 4.90 Å². The van der Waals surface area contributed by atoms with Crippen molar-refractivity contribution in [2.45, 2.75) is 18.4 Å². The summed E-state index contributed by atoms with van der Waals surface area (Å²) in [6.07, 6.45) is 0.550. The number of nitrogens with zero attached hydrogens (tertiary/aromatic N) is 1. The summed E-state index contributed by atoms with van der Waals surface area (Å²) < 4.78 is 18.1. The lowest BCUT2D eigenvalue weighted by Gasteiger charge is -2.34. The van der Waals surface area contributed by atoms with Crippen molar-refractivity contribution >= 4 is 11.8 Å². The van der Waals surface area contributed by atoms with Crippen LogP contribution in [0.5, 0.6) is 0 Å². The highest BCUT2D eigenvalue weighted by Gasteiger charge is 2.38. The second-order valence-electron chi connectivity index (χ2n) is 4.79. The Kier molecular flexibility index (Phi) is 2.61. The van der Waals surface area contributed by atoms with Crippen LogP contribution < -0.4 is 5.32 Å². The van der Waals surface area contributed by atoms with Crippen molar-refractivity contribution in [2.24, 2.45) is 0 Å². The number of benzene rings is 1. The number of piperidine rings is 1. The molecule has 2 aliphatic heterocycles. The standard InChI is InChI=1S/C13H15FN2O2/c1-18-13(17)16-5-4-12-10(7-16)9-6-8(14)2-3-11(9)15-12/h2-3,6,10,12,15H,4-5,7H2,1H3. The van der Waals surface area contributed by atoms with Crippen LogP contribution in [-0.4, -0.2) is 37.2 Å². The quantitative estimate of drug-likeness (QED) is 0.767. The van der Waals surface area contributed by atoms with E-state index in [0.717, 1.165) is 17.7 Å². The summed E-state index contributed by atoms with van der Waals surface area (Å²) in [5.74, 6) is -0.0741. The van der Waals surface area contributed by atoms with E-state index in [9.17, 15) is 9.18 Å². The smallest absolute Gasteiger partial charge is 0.409 e. The Bertz CT molecular complexity index is 492. The molecule has 18 heavy (non-hydrogen) atoms. The third kappa shape index (κ3) is 1.70. The van der Waals surface area contributed by atoms with Gasteiger partial charge in [-0.3, -0.25) is 0 Å². The molecule has 2 heterocycles. The first kappa shape index (κ1) is 11.3. The van der Waals surface area contributed by atoms with Gasteiger partial charge in [-0.05, 0) is 30.2 Å². The molecule has 2 unspecified atom stereocenters. The van der Waals surface area contributed by atoms with Gasteiger partial charge < -0.3 is 15.0 Å². The minimum Gasteiger partial charge on any atom is -0.453 e. The second-order valence-corrected chi connectivity index (χ2v) is 4.79. The van der Waals surface area contributed by atoms with E-state index in [0.29, 0.717) is 19.1 Å². The van der Waals surface area contributed by atoms with Gasteiger partial charge in [0.2, 0.25) is 0 Å². The number of hydrogen-bond acceptors (Lipinski definition) is 3. The van der Waals surface area contributed by atoms with Gasteiger partial charge in [-0.2, -0.15) is 0 Å². The average Bonchev–Trinajstić information content (AvgIpc) is 2.75. The Labute approximate surface area is 105 Å². The molecule has 3 rings (SSSR count). The molecule has 2 atom stereocenters. The van der Waals surface area contributed by atoms with Crippen LogP contribution in [0.1, 0.15) is 17.9 Å². The van der Waals surface area contributed by atoms with E-state index in [-0.39, 0.29) is 17.8 Å². The maximum absolute atomic E-state index is 13.3. The van der Waals surface area contributed by atoms with Crippen LogP contribution in [0.3, 0.4) is 0 Å². The Morgan fingerprint density at radius 3 is 3.17 bits per heavy atom. The van der Waals surface area contributed by atoms with E-state index in [2.05, 4.69) is 5.32 Å². The summed E-state index contributed by atoms with van der Waals surface area (Å²) in [4.78, 5) is 13.2. The normalized spacial score (nSPS) is 25.1. The first-order valence-corrected chi connectivity index (χ1v) is 6.08. The molecule has 96 valence electrons. The van der Waals surface area contributed by atoms with Crippen LogP contribution in [0.15, 0.2) is 18.2 Å². The number of nitrogens with one attached hydrogen (secondary N) is 1. The van der Waals surface area contributed by atoms with Gasteiger partial charge in [0.1, 0.15) is 5.82 Å². The van der Waals surface area contributed by atoms with Crippen LogP contribution in [0.25, 0.3) is 0 Å². The number of amides is 1. The van der Waals surface area contributed by atoms with E-state index in [4.69, 9.17) is 4.74 Å². The van der Waals surface area contributed by atoms with E-state index in [1.54, 1.807) is 17.0 Å². The molecule has 2 aliphatic rings. The Morgan fingerprint density at radius 1 is 1.56 bits per heavy atom. The van der Waals surface area contributed by atoms with Gasteiger partial charge in [0.05, 0.1) is 7.11 Å². The first-order chi connectivity index (χ1) is 8.69. The summed E-state index contributed by atoms with van der Waals surface area (Å²) in [6.45, 7) is 1.26. The zero-order valence-electron chi connectivity index (χ0n) is 10.1. The molecule has 0 radical (unpaired) electrons. The molecule has 5 heteroatoms. The minimum atomic E-state index is -0.307. The van der Waals surface area contributed by atoms with Gasteiger partial charge in [0, 0.05) is 30.7 Å².